The topological polar surface area (TPSA) is 60.5 Å². The van der Waals surface area contributed by atoms with Gasteiger partial charge in [0.2, 0.25) is 0 Å². The van der Waals surface area contributed by atoms with Gasteiger partial charge in [-0.05, 0) is 38.1 Å². The van der Waals surface area contributed by atoms with Crippen molar-refractivity contribution in [2.45, 2.75) is 19.4 Å². The SMILES string of the molecule is COCCN(CCOC)c1ccc(C(=O)C(C)(C)N(CCOC)CCOC)cc1. The third-order valence-corrected chi connectivity index (χ3v) is 5.10. The summed E-state index contributed by atoms with van der Waals surface area (Å²) in [5.74, 6) is 0.0802. The fourth-order valence-electron chi connectivity index (χ4n) is 3.17. The first-order valence-electron chi connectivity index (χ1n) is 10.0. The summed E-state index contributed by atoms with van der Waals surface area (Å²) in [6.45, 7) is 9.16. The maximum atomic E-state index is 13.3. The Labute approximate surface area is 175 Å². The van der Waals surface area contributed by atoms with Gasteiger partial charge in [-0.3, -0.25) is 9.69 Å². The molecule has 0 spiro atoms. The number of benzene rings is 1. The van der Waals surface area contributed by atoms with E-state index in [0.717, 1.165) is 18.8 Å². The number of hydrogen-bond donors (Lipinski definition) is 0. The molecule has 0 heterocycles. The van der Waals surface area contributed by atoms with Crippen LogP contribution in [-0.2, 0) is 18.9 Å². The van der Waals surface area contributed by atoms with E-state index < -0.39 is 5.54 Å². The summed E-state index contributed by atoms with van der Waals surface area (Å²) in [6.07, 6.45) is 0. The molecule has 0 atom stereocenters. The van der Waals surface area contributed by atoms with E-state index in [9.17, 15) is 4.79 Å². The van der Waals surface area contributed by atoms with Gasteiger partial charge < -0.3 is 23.8 Å². The van der Waals surface area contributed by atoms with Crippen LogP contribution in [-0.4, -0.2) is 97.3 Å². The van der Waals surface area contributed by atoms with Crippen LogP contribution in [0.25, 0.3) is 0 Å². The molecule has 1 aromatic rings. The number of Topliss-reactive ketones (excluding diaryl/α,β-unsaturated/α-hetero) is 1. The van der Waals surface area contributed by atoms with Gasteiger partial charge in [0, 0.05) is 65.9 Å². The van der Waals surface area contributed by atoms with Gasteiger partial charge in [0.25, 0.3) is 0 Å². The molecule has 0 fully saturated rings. The van der Waals surface area contributed by atoms with Crippen LogP contribution in [0.1, 0.15) is 24.2 Å². The van der Waals surface area contributed by atoms with Crippen LogP contribution in [0.2, 0.25) is 0 Å². The molecule has 0 saturated heterocycles. The quantitative estimate of drug-likeness (QED) is 0.388. The third kappa shape index (κ3) is 8.03. The number of anilines is 1. The van der Waals surface area contributed by atoms with E-state index in [1.165, 1.54) is 0 Å². The molecule has 1 aromatic carbocycles. The fourth-order valence-corrected chi connectivity index (χ4v) is 3.17. The number of methoxy groups -OCH3 is 4. The Morgan fingerprint density at radius 1 is 0.759 bits per heavy atom. The molecule has 0 aromatic heterocycles. The average Bonchev–Trinajstić information content (AvgIpc) is 2.73. The first kappa shape index (κ1) is 25.5. The minimum absolute atomic E-state index is 0.0802. The molecule has 29 heavy (non-hydrogen) atoms. The minimum Gasteiger partial charge on any atom is -0.383 e. The molecular formula is C22H38N2O5. The zero-order chi connectivity index (χ0) is 21.7. The van der Waals surface area contributed by atoms with E-state index in [1.807, 2.05) is 38.1 Å². The highest BCUT2D eigenvalue weighted by molar-refractivity contribution is 6.02. The maximum absolute atomic E-state index is 13.3. The van der Waals surface area contributed by atoms with Crippen molar-refractivity contribution < 1.29 is 23.7 Å². The van der Waals surface area contributed by atoms with Gasteiger partial charge in [-0.2, -0.15) is 0 Å². The molecule has 0 amide bonds. The van der Waals surface area contributed by atoms with Gasteiger partial charge in [0.1, 0.15) is 0 Å². The Kier molecular flexibility index (Phi) is 12.0. The lowest BCUT2D eigenvalue weighted by Gasteiger charge is -2.37. The van der Waals surface area contributed by atoms with Crippen LogP contribution in [0.15, 0.2) is 24.3 Å². The molecular weight excluding hydrogens is 372 g/mol. The monoisotopic (exact) mass is 410 g/mol. The van der Waals surface area contributed by atoms with Crippen LogP contribution in [0.5, 0.6) is 0 Å². The smallest absolute Gasteiger partial charge is 0.182 e. The van der Waals surface area contributed by atoms with Gasteiger partial charge in [0.15, 0.2) is 5.78 Å². The number of hydrogen-bond acceptors (Lipinski definition) is 7. The number of carbonyl (C=O) groups excluding carboxylic acids is 1. The lowest BCUT2D eigenvalue weighted by atomic mass is 9.91. The molecule has 0 aliphatic heterocycles. The second-order valence-corrected chi connectivity index (χ2v) is 7.38. The number of ether oxygens (including phenoxy) is 4. The second kappa shape index (κ2) is 13.7. The molecule has 0 radical (unpaired) electrons. The van der Waals surface area contributed by atoms with Crippen molar-refractivity contribution in [3.05, 3.63) is 29.8 Å². The van der Waals surface area contributed by atoms with Gasteiger partial charge in [-0.1, -0.05) is 0 Å². The Hall–Kier alpha value is -1.51. The predicted molar refractivity (Wildman–Crippen MR) is 116 cm³/mol. The summed E-state index contributed by atoms with van der Waals surface area (Å²) in [5, 5.41) is 0. The summed E-state index contributed by atoms with van der Waals surface area (Å²) in [6, 6.07) is 7.78. The van der Waals surface area contributed by atoms with Crippen LogP contribution < -0.4 is 4.90 Å². The number of nitrogens with zero attached hydrogens (tertiary/aromatic N) is 2. The lowest BCUT2D eigenvalue weighted by Crippen LogP contribution is -2.52. The summed E-state index contributed by atoms with van der Waals surface area (Å²) in [7, 11) is 6.72. The molecule has 0 unspecified atom stereocenters. The first-order chi connectivity index (χ1) is 13.9. The Morgan fingerprint density at radius 3 is 1.59 bits per heavy atom. The summed E-state index contributed by atoms with van der Waals surface area (Å²) >= 11 is 0. The molecule has 0 aliphatic rings. The zero-order valence-corrected chi connectivity index (χ0v) is 18.9. The Morgan fingerprint density at radius 2 is 1.17 bits per heavy atom. The van der Waals surface area contributed by atoms with Crippen LogP contribution in [0.4, 0.5) is 5.69 Å². The molecule has 166 valence electrons. The lowest BCUT2D eigenvalue weighted by molar-refractivity contribution is 0.0418. The number of ketones is 1. The van der Waals surface area contributed by atoms with E-state index in [-0.39, 0.29) is 5.78 Å². The average molecular weight is 411 g/mol. The normalized spacial score (nSPS) is 11.8. The van der Waals surface area contributed by atoms with Crippen molar-refractivity contribution in [3.63, 3.8) is 0 Å². The standard InChI is InChI=1S/C22H38N2O5/c1-22(2,24(13-17-28-5)14-18-29-6)21(25)19-7-9-20(10-8-19)23(11-15-26-3)12-16-27-4/h7-10H,11-18H2,1-6H3. The van der Waals surface area contributed by atoms with Gasteiger partial charge in [0.05, 0.1) is 32.0 Å². The summed E-state index contributed by atoms with van der Waals surface area (Å²) in [4.78, 5) is 17.6. The Balaban J connectivity index is 2.95. The highest BCUT2D eigenvalue weighted by Crippen LogP contribution is 2.23. The van der Waals surface area contributed by atoms with Crippen molar-refractivity contribution in [3.8, 4) is 0 Å². The van der Waals surface area contributed by atoms with Crippen LogP contribution >= 0.6 is 0 Å². The molecule has 7 nitrogen and oxygen atoms in total. The molecule has 1 rings (SSSR count). The third-order valence-electron chi connectivity index (χ3n) is 5.10. The fraction of sp³-hybridized carbons (Fsp3) is 0.682. The van der Waals surface area contributed by atoms with Crippen molar-refractivity contribution in [2.24, 2.45) is 0 Å². The van der Waals surface area contributed by atoms with Crippen LogP contribution in [0.3, 0.4) is 0 Å². The van der Waals surface area contributed by atoms with Gasteiger partial charge >= 0.3 is 0 Å². The molecule has 0 N–H and O–H groups in total. The molecule has 0 saturated carbocycles. The summed E-state index contributed by atoms with van der Waals surface area (Å²) < 4.78 is 20.9. The van der Waals surface area contributed by atoms with Crippen molar-refractivity contribution in [2.75, 3.05) is 85.9 Å². The second-order valence-electron chi connectivity index (χ2n) is 7.38. The highest BCUT2D eigenvalue weighted by atomic mass is 16.5. The van der Waals surface area contributed by atoms with E-state index >= 15 is 0 Å². The Bertz CT molecular complexity index is 561. The van der Waals surface area contributed by atoms with E-state index in [0.29, 0.717) is 45.1 Å². The molecule has 7 heteroatoms. The maximum Gasteiger partial charge on any atom is 0.182 e. The van der Waals surface area contributed by atoms with Crippen molar-refractivity contribution >= 4 is 11.5 Å². The number of carbonyl (C=O) groups is 1. The van der Waals surface area contributed by atoms with E-state index in [1.54, 1.807) is 28.4 Å². The van der Waals surface area contributed by atoms with Crippen LogP contribution in [0, 0.1) is 0 Å². The largest absolute Gasteiger partial charge is 0.383 e. The molecule has 0 bridgehead atoms. The van der Waals surface area contributed by atoms with Gasteiger partial charge in [-0.15, -0.1) is 0 Å². The van der Waals surface area contributed by atoms with Crippen molar-refractivity contribution in [1.82, 2.24) is 4.90 Å². The van der Waals surface area contributed by atoms with Gasteiger partial charge in [-0.25, -0.2) is 0 Å². The minimum atomic E-state index is -0.662. The first-order valence-corrected chi connectivity index (χ1v) is 10.0. The van der Waals surface area contributed by atoms with Crippen molar-refractivity contribution in [1.29, 1.82) is 0 Å². The van der Waals surface area contributed by atoms with E-state index in [4.69, 9.17) is 18.9 Å². The zero-order valence-electron chi connectivity index (χ0n) is 18.9. The molecule has 0 aliphatic carbocycles. The predicted octanol–water partition coefficient (Wildman–Crippen LogP) is 2.34. The summed E-state index contributed by atoms with van der Waals surface area (Å²) in [5.41, 5.74) is 1.07. The highest BCUT2D eigenvalue weighted by Gasteiger charge is 2.34. The number of rotatable bonds is 16. The van der Waals surface area contributed by atoms with E-state index in [2.05, 4.69) is 9.80 Å².